The van der Waals surface area contributed by atoms with E-state index in [4.69, 9.17) is 9.47 Å². The van der Waals surface area contributed by atoms with E-state index in [-0.39, 0.29) is 42.4 Å². The fourth-order valence-electron chi connectivity index (χ4n) is 3.12. The fraction of sp³-hybridized carbons (Fsp3) is 0.350. The number of nitrogens with zero attached hydrogens (tertiary/aromatic N) is 1. The minimum absolute atomic E-state index is 0.0222. The average Bonchev–Trinajstić information content (AvgIpc) is 2.65. The largest absolute Gasteiger partial charge is 0.457 e. The summed E-state index contributed by atoms with van der Waals surface area (Å²) < 4.78 is 51.2. The second-order valence-electron chi connectivity index (χ2n) is 6.81. The summed E-state index contributed by atoms with van der Waals surface area (Å²) in [5, 5.41) is 0. The minimum Gasteiger partial charge on any atom is -0.457 e. The Hall–Kier alpha value is -2.29. The molecule has 1 heterocycles. The lowest BCUT2D eigenvalue weighted by molar-refractivity contribution is -0.0440. The van der Waals surface area contributed by atoms with Crippen molar-refractivity contribution in [3.63, 3.8) is 0 Å². The van der Waals surface area contributed by atoms with E-state index in [1.807, 2.05) is 13.8 Å². The molecule has 0 radical (unpaired) electrons. The van der Waals surface area contributed by atoms with Gasteiger partial charge in [-0.2, -0.15) is 4.31 Å². The molecule has 28 heavy (non-hydrogen) atoms. The molecule has 6 nitrogen and oxygen atoms in total. The highest BCUT2D eigenvalue weighted by Crippen LogP contribution is 2.22. The predicted octanol–water partition coefficient (Wildman–Crippen LogP) is 2.98. The van der Waals surface area contributed by atoms with Crippen LogP contribution in [0.2, 0.25) is 0 Å². The van der Waals surface area contributed by atoms with E-state index in [9.17, 15) is 17.6 Å². The molecular formula is C20H22FNO5S. The second kappa shape index (κ2) is 8.38. The monoisotopic (exact) mass is 407 g/mol. The highest BCUT2D eigenvalue weighted by Gasteiger charge is 2.32. The van der Waals surface area contributed by atoms with Crippen LogP contribution in [0.3, 0.4) is 0 Å². The first-order chi connectivity index (χ1) is 13.3. The van der Waals surface area contributed by atoms with Gasteiger partial charge in [-0.3, -0.25) is 0 Å². The molecule has 3 rings (SSSR count). The topological polar surface area (TPSA) is 72.9 Å². The lowest BCUT2D eigenvalue weighted by Crippen LogP contribution is -2.48. The van der Waals surface area contributed by atoms with E-state index in [0.717, 1.165) is 0 Å². The van der Waals surface area contributed by atoms with Crippen LogP contribution in [-0.4, -0.2) is 44.0 Å². The van der Waals surface area contributed by atoms with Crippen LogP contribution in [0.5, 0.6) is 0 Å². The molecule has 0 amide bonds. The van der Waals surface area contributed by atoms with E-state index < -0.39 is 21.8 Å². The van der Waals surface area contributed by atoms with Crippen LogP contribution in [0.1, 0.15) is 29.8 Å². The summed E-state index contributed by atoms with van der Waals surface area (Å²) in [5.74, 6) is -1.10. The summed E-state index contributed by atoms with van der Waals surface area (Å²) >= 11 is 0. The molecule has 0 bridgehead atoms. The Balaban J connectivity index is 1.74. The van der Waals surface area contributed by atoms with E-state index in [2.05, 4.69) is 0 Å². The summed E-state index contributed by atoms with van der Waals surface area (Å²) in [4.78, 5) is 12.3. The van der Waals surface area contributed by atoms with Crippen molar-refractivity contribution in [3.05, 3.63) is 65.5 Å². The van der Waals surface area contributed by atoms with Crippen LogP contribution in [0, 0.1) is 5.82 Å². The van der Waals surface area contributed by atoms with Crippen molar-refractivity contribution in [2.24, 2.45) is 0 Å². The molecule has 8 heteroatoms. The van der Waals surface area contributed by atoms with Crippen molar-refractivity contribution >= 4 is 16.0 Å². The molecule has 0 spiro atoms. The first kappa shape index (κ1) is 20.4. The van der Waals surface area contributed by atoms with Crippen LogP contribution >= 0.6 is 0 Å². The van der Waals surface area contributed by atoms with Crippen LogP contribution < -0.4 is 0 Å². The molecule has 1 saturated heterocycles. The standard InChI is InChI=1S/C20H22FNO5S/c1-14-11-22(12-15(2)27-14)28(24,25)19-8-4-6-17(10-19)20(23)26-13-16-5-3-7-18(21)9-16/h3-10,14-15H,11-13H2,1-2H3/t14-,15+. The molecule has 0 aliphatic carbocycles. The molecule has 1 aliphatic heterocycles. The lowest BCUT2D eigenvalue weighted by Gasteiger charge is -2.34. The maximum Gasteiger partial charge on any atom is 0.338 e. The number of carbonyl (C=O) groups excluding carboxylic acids is 1. The molecule has 2 aromatic carbocycles. The molecule has 0 aromatic heterocycles. The smallest absolute Gasteiger partial charge is 0.338 e. The third-order valence-electron chi connectivity index (χ3n) is 4.35. The molecule has 1 aliphatic rings. The Labute approximate surface area is 163 Å². The minimum atomic E-state index is -3.76. The summed E-state index contributed by atoms with van der Waals surface area (Å²) in [6, 6.07) is 11.5. The number of morpholine rings is 1. The quantitative estimate of drug-likeness (QED) is 0.713. The molecule has 1 fully saturated rings. The van der Waals surface area contributed by atoms with Crippen molar-refractivity contribution in [2.45, 2.75) is 37.6 Å². The SMILES string of the molecule is C[C@@H]1CN(S(=O)(=O)c2cccc(C(=O)OCc3cccc(F)c3)c2)C[C@H](C)O1. The summed E-state index contributed by atoms with van der Waals surface area (Å²) in [6.07, 6.45) is -0.420. The van der Waals surface area contributed by atoms with Crippen LogP contribution in [0.25, 0.3) is 0 Å². The van der Waals surface area contributed by atoms with Gasteiger partial charge in [-0.15, -0.1) is 0 Å². The number of sulfonamides is 1. The Bertz CT molecular complexity index is 953. The number of halogens is 1. The Morgan fingerprint density at radius 3 is 2.50 bits per heavy atom. The van der Waals surface area contributed by atoms with Gasteiger partial charge in [0.25, 0.3) is 0 Å². The second-order valence-corrected chi connectivity index (χ2v) is 8.75. The van der Waals surface area contributed by atoms with Crippen molar-refractivity contribution in [3.8, 4) is 0 Å². The third-order valence-corrected chi connectivity index (χ3v) is 6.18. The number of rotatable bonds is 5. The van der Waals surface area contributed by atoms with Gasteiger partial charge < -0.3 is 9.47 Å². The van der Waals surface area contributed by atoms with Gasteiger partial charge in [0.2, 0.25) is 10.0 Å². The summed E-state index contributed by atoms with van der Waals surface area (Å²) in [5.41, 5.74) is 0.625. The lowest BCUT2D eigenvalue weighted by atomic mass is 10.2. The number of hydrogen-bond acceptors (Lipinski definition) is 5. The van der Waals surface area contributed by atoms with Crippen molar-refractivity contribution < 1.29 is 27.1 Å². The van der Waals surface area contributed by atoms with Gasteiger partial charge in [-0.05, 0) is 49.7 Å². The number of hydrogen-bond donors (Lipinski definition) is 0. The predicted molar refractivity (Wildman–Crippen MR) is 101 cm³/mol. The van der Waals surface area contributed by atoms with Crippen LogP contribution in [0.4, 0.5) is 4.39 Å². The first-order valence-corrected chi connectivity index (χ1v) is 10.4. The molecule has 150 valence electrons. The van der Waals surface area contributed by atoms with E-state index in [0.29, 0.717) is 5.56 Å². The maximum absolute atomic E-state index is 13.2. The summed E-state index contributed by atoms with van der Waals surface area (Å²) in [7, 11) is -3.76. The number of esters is 1. The zero-order chi connectivity index (χ0) is 20.3. The van der Waals surface area contributed by atoms with Crippen molar-refractivity contribution in [1.29, 1.82) is 0 Å². The fourth-order valence-corrected chi connectivity index (χ4v) is 4.76. The van der Waals surface area contributed by atoms with E-state index >= 15 is 0 Å². The van der Waals surface area contributed by atoms with Crippen LogP contribution in [-0.2, 0) is 26.1 Å². The van der Waals surface area contributed by atoms with Gasteiger partial charge in [0, 0.05) is 13.1 Å². The zero-order valence-corrected chi connectivity index (χ0v) is 16.5. The average molecular weight is 407 g/mol. The van der Waals surface area contributed by atoms with Gasteiger partial charge in [0.05, 0.1) is 22.7 Å². The normalized spacial score (nSPS) is 20.7. The van der Waals surface area contributed by atoms with Crippen molar-refractivity contribution in [1.82, 2.24) is 4.31 Å². The van der Waals surface area contributed by atoms with E-state index in [1.165, 1.54) is 46.8 Å². The Kier molecular flexibility index (Phi) is 6.12. The molecule has 2 aromatic rings. The van der Waals surface area contributed by atoms with Crippen LogP contribution in [0.15, 0.2) is 53.4 Å². The van der Waals surface area contributed by atoms with Crippen molar-refractivity contribution in [2.75, 3.05) is 13.1 Å². The highest BCUT2D eigenvalue weighted by atomic mass is 32.2. The van der Waals surface area contributed by atoms with Gasteiger partial charge in [-0.25, -0.2) is 17.6 Å². The number of carbonyl (C=O) groups is 1. The number of ether oxygens (including phenoxy) is 2. The molecule has 0 unspecified atom stereocenters. The Morgan fingerprint density at radius 2 is 1.82 bits per heavy atom. The molecule has 0 N–H and O–H groups in total. The van der Waals surface area contributed by atoms with Gasteiger partial charge in [0.15, 0.2) is 0 Å². The highest BCUT2D eigenvalue weighted by molar-refractivity contribution is 7.89. The molecule has 0 saturated carbocycles. The van der Waals surface area contributed by atoms with E-state index in [1.54, 1.807) is 6.07 Å². The summed E-state index contributed by atoms with van der Waals surface area (Å²) in [6.45, 7) is 4.03. The molecule has 2 atom stereocenters. The molecular weight excluding hydrogens is 385 g/mol. The zero-order valence-electron chi connectivity index (χ0n) is 15.7. The number of benzene rings is 2. The first-order valence-electron chi connectivity index (χ1n) is 8.93. The third kappa shape index (κ3) is 4.76. The van der Waals surface area contributed by atoms with Gasteiger partial charge in [-0.1, -0.05) is 18.2 Å². The van der Waals surface area contributed by atoms with Gasteiger partial charge >= 0.3 is 5.97 Å². The maximum atomic E-state index is 13.2. The Morgan fingerprint density at radius 1 is 1.14 bits per heavy atom. The van der Waals surface area contributed by atoms with Gasteiger partial charge in [0.1, 0.15) is 12.4 Å².